The van der Waals surface area contributed by atoms with Crippen molar-refractivity contribution < 1.29 is 14.3 Å². The average Bonchev–Trinajstić information content (AvgIpc) is 3.28. The van der Waals surface area contributed by atoms with E-state index in [4.69, 9.17) is 9.47 Å². The van der Waals surface area contributed by atoms with Crippen molar-refractivity contribution in [3.05, 3.63) is 79.1 Å². The molecule has 5 rings (SSSR count). The van der Waals surface area contributed by atoms with Gasteiger partial charge in [0.2, 0.25) is 5.91 Å². The van der Waals surface area contributed by atoms with Gasteiger partial charge < -0.3 is 24.7 Å². The third kappa shape index (κ3) is 5.46. The van der Waals surface area contributed by atoms with Gasteiger partial charge in [-0.05, 0) is 23.6 Å². The summed E-state index contributed by atoms with van der Waals surface area (Å²) >= 11 is 1.50. The standard InChI is InChI=1S/C27H27N5O3S/c1-2-13-32-25(18-28-22-9-5-7-19-6-3-4-8-21(19)22)30-31-27(32)36-16-12-26(33)29-20-10-11-23-24(17-20)35-15-14-34-23/h2-11,17,28H,1,12-16,18H2,(H,29,33). The number of anilines is 2. The van der Waals surface area contributed by atoms with E-state index >= 15 is 0 Å². The van der Waals surface area contributed by atoms with E-state index in [1.165, 1.54) is 17.1 Å². The van der Waals surface area contributed by atoms with Gasteiger partial charge in [-0.2, -0.15) is 0 Å². The molecule has 4 aromatic rings. The zero-order valence-electron chi connectivity index (χ0n) is 19.8. The molecule has 0 fully saturated rings. The van der Waals surface area contributed by atoms with Crippen LogP contribution in [0.1, 0.15) is 12.2 Å². The molecular formula is C27H27N5O3S. The smallest absolute Gasteiger partial charge is 0.225 e. The minimum absolute atomic E-state index is 0.0770. The third-order valence-corrected chi connectivity index (χ3v) is 6.69. The van der Waals surface area contributed by atoms with E-state index in [2.05, 4.69) is 51.7 Å². The van der Waals surface area contributed by atoms with E-state index in [1.54, 1.807) is 6.07 Å². The maximum Gasteiger partial charge on any atom is 0.225 e. The Hall–Kier alpha value is -3.98. The second-order valence-corrected chi connectivity index (χ2v) is 9.25. The number of rotatable bonds is 10. The number of thioether (sulfide) groups is 1. The number of fused-ring (bicyclic) bond motifs is 2. The number of ether oxygens (including phenoxy) is 2. The van der Waals surface area contributed by atoms with Crippen LogP contribution in [0.25, 0.3) is 10.8 Å². The Kier molecular flexibility index (Phi) is 7.37. The molecule has 9 heteroatoms. The van der Waals surface area contributed by atoms with Crippen molar-refractivity contribution in [2.24, 2.45) is 0 Å². The number of hydrogen-bond acceptors (Lipinski definition) is 7. The van der Waals surface area contributed by atoms with Gasteiger partial charge in [-0.15, -0.1) is 16.8 Å². The number of hydrogen-bond donors (Lipinski definition) is 2. The highest BCUT2D eigenvalue weighted by Gasteiger charge is 2.15. The number of benzene rings is 3. The lowest BCUT2D eigenvalue weighted by Gasteiger charge is -2.19. The number of amides is 1. The summed E-state index contributed by atoms with van der Waals surface area (Å²) in [5, 5.41) is 18.3. The SMILES string of the molecule is C=CCn1c(CNc2cccc3ccccc23)nnc1SCCC(=O)Nc1ccc2c(c1)OCCO2. The van der Waals surface area contributed by atoms with Gasteiger partial charge in [0.15, 0.2) is 22.5 Å². The molecule has 0 unspecified atom stereocenters. The summed E-state index contributed by atoms with van der Waals surface area (Å²) in [6.45, 7) is 6.03. The molecule has 0 saturated heterocycles. The fourth-order valence-corrected chi connectivity index (χ4v) is 4.91. The van der Waals surface area contributed by atoms with Crippen molar-refractivity contribution in [2.45, 2.75) is 24.7 Å². The first-order chi connectivity index (χ1) is 17.7. The predicted molar refractivity (Wildman–Crippen MR) is 143 cm³/mol. The Morgan fingerprint density at radius 1 is 1.06 bits per heavy atom. The molecule has 184 valence electrons. The number of carbonyl (C=O) groups is 1. The highest BCUT2D eigenvalue weighted by molar-refractivity contribution is 7.99. The molecule has 0 radical (unpaired) electrons. The molecule has 3 aromatic carbocycles. The van der Waals surface area contributed by atoms with Gasteiger partial charge in [0.05, 0.1) is 6.54 Å². The summed E-state index contributed by atoms with van der Waals surface area (Å²) in [6, 6.07) is 19.9. The lowest BCUT2D eigenvalue weighted by Crippen LogP contribution is -2.16. The summed E-state index contributed by atoms with van der Waals surface area (Å²) in [7, 11) is 0. The molecule has 8 nitrogen and oxygen atoms in total. The minimum atomic E-state index is -0.0770. The van der Waals surface area contributed by atoms with Crippen LogP contribution in [0, 0.1) is 0 Å². The van der Waals surface area contributed by atoms with Crippen LogP contribution in [0.3, 0.4) is 0 Å². The molecule has 0 saturated carbocycles. The van der Waals surface area contributed by atoms with Crippen LogP contribution >= 0.6 is 11.8 Å². The van der Waals surface area contributed by atoms with Crippen molar-refractivity contribution in [2.75, 3.05) is 29.6 Å². The maximum absolute atomic E-state index is 12.5. The van der Waals surface area contributed by atoms with Crippen molar-refractivity contribution in [1.29, 1.82) is 0 Å². The second kappa shape index (κ2) is 11.2. The zero-order chi connectivity index (χ0) is 24.7. The molecule has 1 aliphatic rings. The summed E-state index contributed by atoms with van der Waals surface area (Å²) < 4.78 is 13.1. The fourth-order valence-electron chi connectivity index (χ4n) is 4.00. The third-order valence-electron chi connectivity index (χ3n) is 5.72. The Morgan fingerprint density at radius 3 is 2.78 bits per heavy atom. The highest BCUT2D eigenvalue weighted by Crippen LogP contribution is 2.32. The minimum Gasteiger partial charge on any atom is -0.486 e. The molecule has 1 aliphatic heterocycles. The monoisotopic (exact) mass is 501 g/mol. The highest BCUT2D eigenvalue weighted by atomic mass is 32.2. The Bertz CT molecular complexity index is 1380. The summed E-state index contributed by atoms with van der Waals surface area (Å²) in [5.74, 6) is 2.65. The Balaban J connectivity index is 1.18. The van der Waals surface area contributed by atoms with Gasteiger partial charge >= 0.3 is 0 Å². The Labute approximate surface area is 213 Å². The van der Waals surface area contributed by atoms with E-state index in [-0.39, 0.29) is 5.91 Å². The average molecular weight is 502 g/mol. The molecule has 0 bridgehead atoms. The van der Waals surface area contributed by atoms with E-state index < -0.39 is 0 Å². The van der Waals surface area contributed by atoms with E-state index in [1.807, 2.05) is 41.0 Å². The molecule has 0 aliphatic carbocycles. The van der Waals surface area contributed by atoms with Crippen LogP contribution in [0.15, 0.2) is 78.5 Å². The first-order valence-electron chi connectivity index (χ1n) is 11.8. The van der Waals surface area contributed by atoms with Crippen molar-refractivity contribution in [3.63, 3.8) is 0 Å². The predicted octanol–water partition coefficient (Wildman–Crippen LogP) is 5.12. The summed E-state index contributed by atoms with van der Waals surface area (Å²) in [4.78, 5) is 12.5. The molecule has 36 heavy (non-hydrogen) atoms. The molecule has 2 N–H and O–H groups in total. The van der Waals surface area contributed by atoms with Crippen LogP contribution in [0.5, 0.6) is 11.5 Å². The number of aromatic nitrogens is 3. The molecule has 1 aromatic heterocycles. The maximum atomic E-state index is 12.5. The van der Waals surface area contributed by atoms with Crippen LogP contribution in [-0.2, 0) is 17.9 Å². The Morgan fingerprint density at radius 2 is 1.89 bits per heavy atom. The topological polar surface area (TPSA) is 90.3 Å². The fraction of sp³-hybridized carbons (Fsp3) is 0.222. The van der Waals surface area contributed by atoms with Crippen molar-refractivity contribution in [1.82, 2.24) is 14.8 Å². The van der Waals surface area contributed by atoms with Gasteiger partial charge in [-0.25, -0.2) is 0 Å². The molecule has 0 atom stereocenters. The number of carbonyl (C=O) groups excluding carboxylic acids is 1. The molecular weight excluding hydrogens is 474 g/mol. The van der Waals surface area contributed by atoms with E-state index in [0.29, 0.717) is 55.7 Å². The molecule has 1 amide bonds. The lowest BCUT2D eigenvalue weighted by atomic mass is 10.1. The van der Waals surface area contributed by atoms with E-state index in [9.17, 15) is 4.79 Å². The quantitative estimate of drug-likeness (QED) is 0.230. The normalized spacial score (nSPS) is 12.3. The first kappa shape index (κ1) is 23.7. The van der Waals surface area contributed by atoms with Gasteiger partial charge in [0, 0.05) is 41.5 Å². The van der Waals surface area contributed by atoms with Gasteiger partial charge in [0.1, 0.15) is 13.2 Å². The second-order valence-electron chi connectivity index (χ2n) is 8.18. The molecule has 2 heterocycles. The van der Waals surface area contributed by atoms with Crippen molar-refractivity contribution >= 4 is 39.8 Å². The number of nitrogens with one attached hydrogen (secondary N) is 2. The van der Waals surface area contributed by atoms with Gasteiger partial charge in [-0.1, -0.05) is 54.2 Å². The van der Waals surface area contributed by atoms with E-state index in [0.717, 1.165) is 22.1 Å². The summed E-state index contributed by atoms with van der Waals surface area (Å²) in [5.41, 5.74) is 1.73. The molecule has 0 spiro atoms. The van der Waals surface area contributed by atoms with Crippen LogP contribution < -0.4 is 20.1 Å². The van der Waals surface area contributed by atoms with Crippen LogP contribution in [-0.4, -0.2) is 39.6 Å². The van der Waals surface area contributed by atoms with Crippen molar-refractivity contribution in [3.8, 4) is 11.5 Å². The van der Waals surface area contributed by atoms with Crippen LogP contribution in [0.2, 0.25) is 0 Å². The van der Waals surface area contributed by atoms with Gasteiger partial charge in [-0.3, -0.25) is 4.79 Å². The lowest BCUT2D eigenvalue weighted by molar-refractivity contribution is -0.115. The summed E-state index contributed by atoms with van der Waals surface area (Å²) in [6.07, 6.45) is 2.16. The largest absolute Gasteiger partial charge is 0.486 e. The zero-order valence-corrected chi connectivity index (χ0v) is 20.6. The van der Waals surface area contributed by atoms with Gasteiger partial charge in [0.25, 0.3) is 0 Å². The van der Waals surface area contributed by atoms with Crippen LogP contribution in [0.4, 0.5) is 11.4 Å². The first-order valence-corrected chi connectivity index (χ1v) is 12.8. The number of allylic oxidation sites excluding steroid dienone is 1. The number of nitrogens with zero attached hydrogens (tertiary/aromatic N) is 3.